The zero-order chi connectivity index (χ0) is 17.5. The van der Waals surface area contributed by atoms with Crippen molar-refractivity contribution in [2.24, 2.45) is 11.8 Å². The van der Waals surface area contributed by atoms with Crippen molar-refractivity contribution in [3.05, 3.63) is 35.4 Å². The van der Waals surface area contributed by atoms with Crippen molar-refractivity contribution in [2.45, 2.75) is 47.2 Å². The number of carbonyl (C=O) groups excluding carboxylic acids is 1. The summed E-state index contributed by atoms with van der Waals surface area (Å²) in [5.74, 6) is 1.19. The van der Waals surface area contributed by atoms with Crippen molar-refractivity contribution in [3.8, 4) is 0 Å². The second-order valence-electron chi connectivity index (χ2n) is 7.29. The van der Waals surface area contributed by atoms with Crippen LogP contribution in [-0.4, -0.2) is 42.0 Å². The van der Waals surface area contributed by atoms with Crippen LogP contribution < -0.4 is 5.32 Å². The Kier molecular flexibility index (Phi) is 7.10. The molecule has 2 unspecified atom stereocenters. The first-order chi connectivity index (χ1) is 11.5. The summed E-state index contributed by atoms with van der Waals surface area (Å²) in [4.78, 5) is 16.7. The molecule has 24 heavy (non-hydrogen) atoms. The Morgan fingerprint density at radius 1 is 1.08 bits per heavy atom. The molecular formula is C20H33N3O. The van der Waals surface area contributed by atoms with Crippen LogP contribution >= 0.6 is 0 Å². The highest BCUT2D eigenvalue weighted by atomic mass is 16.2. The fourth-order valence-electron chi connectivity index (χ4n) is 3.59. The maximum atomic E-state index is 12.4. The lowest BCUT2D eigenvalue weighted by atomic mass is 9.92. The third-order valence-electron chi connectivity index (χ3n) is 4.92. The van der Waals surface area contributed by atoms with Gasteiger partial charge in [-0.25, -0.2) is 4.79 Å². The Balaban J connectivity index is 1.82. The Labute approximate surface area is 147 Å². The highest BCUT2D eigenvalue weighted by molar-refractivity contribution is 5.74. The number of hydrogen-bond acceptors (Lipinski definition) is 2. The van der Waals surface area contributed by atoms with E-state index in [4.69, 9.17) is 0 Å². The maximum Gasteiger partial charge on any atom is 0.317 e. The van der Waals surface area contributed by atoms with Gasteiger partial charge in [-0.15, -0.1) is 0 Å². The number of likely N-dealkylation sites (tertiary alicyclic amines) is 1. The number of carbonyl (C=O) groups is 1. The molecule has 134 valence electrons. The van der Waals surface area contributed by atoms with Crippen LogP contribution in [0, 0.1) is 11.8 Å². The molecule has 0 aromatic heterocycles. The third-order valence-corrected chi connectivity index (χ3v) is 4.92. The summed E-state index contributed by atoms with van der Waals surface area (Å²) in [6, 6.07) is 8.66. The summed E-state index contributed by atoms with van der Waals surface area (Å²) in [5.41, 5.74) is 2.48. The molecule has 1 aromatic rings. The van der Waals surface area contributed by atoms with E-state index in [1.54, 1.807) is 0 Å². The van der Waals surface area contributed by atoms with Gasteiger partial charge in [0.2, 0.25) is 0 Å². The number of rotatable bonds is 6. The topological polar surface area (TPSA) is 35.6 Å². The van der Waals surface area contributed by atoms with E-state index >= 15 is 0 Å². The van der Waals surface area contributed by atoms with Crippen LogP contribution in [0.3, 0.4) is 0 Å². The number of amides is 2. The van der Waals surface area contributed by atoms with E-state index in [0.29, 0.717) is 18.4 Å². The molecule has 0 radical (unpaired) electrons. The molecule has 1 aliphatic rings. The Morgan fingerprint density at radius 3 is 2.17 bits per heavy atom. The lowest BCUT2D eigenvalue weighted by molar-refractivity contribution is 0.146. The second-order valence-corrected chi connectivity index (χ2v) is 7.29. The number of hydrogen-bond donors (Lipinski definition) is 1. The molecule has 2 atom stereocenters. The largest absolute Gasteiger partial charge is 0.334 e. The number of urea groups is 1. The average Bonchev–Trinajstić information content (AvgIpc) is 2.57. The van der Waals surface area contributed by atoms with E-state index in [2.05, 4.69) is 62.2 Å². The molecule has 1 fully saturated rings. The monoisotopic (exact) mass is 331 g/mol. The normalized spacial score (nSPS) is 21.1. The van der Waals surface area contributed by atoms with Crippen molar-refractivity contribution in [1.29, 1.82) is 0 Å². The van der Waals surface area contributed by atoms with Gasteiger partial charge in [0.15, 0.2) is 0 Å². The number of piperidine rings is 1. The molecule has 0 aliphatic carbocycles. The van der Waals surface area contributed by atoms with Crippen molar-refractivity contribution in [1.82, 2.24) is 15.1 Å². The van der Waals surface area contributed by atoms with Gasteiger partial charge in [0.25, 0.3) is 0 Å². The van der Waals surface area contributed by atoms with E-state index in [0.717, 1.165) is 38.3 Å². The van der Waals surface area contributed by atoms with Crippen LogP contribution in [0.15, 0.2) is 24.3 Å². The predicted molar refractivity (Wildman–Crippen MR) is 99.8 cm³/mol. The Morgan fingerprint density at radius 2 is 1.62 bits per heavy atom. The molecule has 1 N–H and O–H groups in total. The van der Waals surface area contributed by atoms with Crippen LogP contribution in [-0.2, 0) is 13.1 Å². The molecule has 2 amide bonds. The van der Waals surface area contributed by atoms with Crippen LogP contribution in [0.1, 0.15) is 45.2 Å². The van der Waals surface area contributed by atoms with Gasteiger partial charge in [0, 0.05) is 26.2 Å². The minimum atomic E-state index is 0.0700. The summed E-state index contributed by atoms with van der Waals surface area (Å²) < 4.78 is 0. The molecule has 1 heterocycles. The van der Waals surface area contributed by atoms with E-state index in [1.807, 2.05) is 4.90 Å². The molecule has 0 spiro atoms. The number of benzene rings is 1. The van der Waals surface area contributed by atoms with Crippen molar-refractivity contribution in [2.75, 3.05) is 26.2 Å². The van der Waals surface area contributed by atoms with Crippen molar-refractivity contribution < 1.29 is 4.79 Å². The first-order valence-electron chi connectivity index (χ1n) is 9.34. The lowest BCUT2D eigenvalue weighted by Gasteiger charge is -2.34. The van der Waals surface area contributed by atoms with Gasteiger partial charge in [-0.1, -0.05) is 52.0 Å². The van der Waals surface area contributed by atoms with Gasteiger partial charge in [0.1, 0.15) is 0 Å². The van der Waals surface area contributed by atoms with Gasteiger partial charge < -0.3 is 10.2 Å². The molecular weight excluding hydrogens is 298 g/mol. The van der Waals surface area contributed by atoms with Gasteiger partial charge in [-0.2, -0.15) is 0 Å². The Hall–Kier alpha value is -1.55. The molecule has 1 saturated heterocycles. The van der Waals surface area contributed by atoms with E-state index < -0.39 is 0 Å². The SMILES string of the molecule is CCN(CC)Cc1ccc(CNC(=O)N2CC(C)CC(C)C2)cc1. The lowest BCUT2D eigenvalue weighted by Crippen LogP contribution is -2.47. The highest BCUT2D eigenvalue weighted by Crippen LogP contribution is 2.20. The summed E-state index contributed by atoms with van der Waals surface area (Å²) in [5, 5.41) is 3.07. The standard InChI is InChI=1S/C20H33N3O/c1-5-22(6-2)15-19-9-7-18(8-10-19)12-21-20(24)23-13-16(3)11-17(4)14-23/h7-10,16-17H,5-6,11-15H2,1-4H3,(H,21,24). The molecule has 4 nitrogen and oxygen atoms in total. The quantitative estimate of drug-likeness (QED) is 0.862. The van der Waals surface area contributed by atoms with Crippen molar-refractivity contribution in [3.63, 3.8) is 0 Å². The van der Waals surface area contributed by atoms with E-state index in [9.17, 15) is 4.79 Å². The average molecular weight is 332 g/mol. The molecule has 2 rings (SSSR count). The first-order valence-corrected chi connectivity index (χ1v) is 9.34. The fraction of sp³-hybridized carbons (Fsp3) is 0.650. The predicted octanol–water partition coefficient (Wildman–Crippen LogP) is 3.72. The zero-order valence-corrected chi connectivity index (χ0v) is 15.7. The van der Waals surface area contributed by atoms with Gasteiger partial charge >= 0.3 is 6.03 Å². The Bertz CT molecular complexity index is 500. The minimum absolute atomic E-state index is 0.0700. The number of nitrogens with one attached hydrogen (secondary N) is 1. The van der Waals surface area contributed by atoms with E-state index in [1.165, 1.54) is 12.0 Å². The molecule has 1 aliphatic heterocycles. The van der Waals surface area contributed by atoms with Gasteiger partial charge in [0.05, 0.1) is 0 Å². The summed E-state index contributed by atoms with van der Waals surface area (Å²) in [6.07, 6.45) is 1.22. The van der Waals surface area contributed by atoms with Crippen LogP contribution in [0.2, 0.25) is 0 Å². The molecule has 1 aromatic carbocycles. The smallest absolute Gasteiger partial charge is 0.317 e. The van der Waals surface area contributed by atoms with Crippen molar-refractivity contribution >= 4 is 6.03 Å². The van der Waals surface area contributed by atoms with Crippen LogP contribution in [0.25, 0.3) is 0 Å². The summed E-state index contributed by atoms with van der Waals surface area (Å²) in [7, 11) is 0. The summed E-state index contributed by atoms with van der Waals surface area (Å²) in [6.45, 7) is 14.3. The van der Waals surface area contributed by atoms with Gasteiger partial charge in [-0.3, -0.25) is 4.90 Å². The zero-order valence-electron chi connectivity index (χ0n) is 15.7. The maximum absolute atomic E-state index is 12.4. The molecule has 0 saturated carbocycles. The third kappa shape index (κ3) is 5.52. The van der Waals surface area contributed by atoms with E-state index in [-0.39, 0.29) is 6.03 Å². The highest BCUT2D eigenvalue weighted by Gasteiger charge is 2.25. The first kappa shape index (κ1) is 18.8. The molecule has 0 bridgehead atoms. The van der Waals surface area contributed by atoms with Crippen LogP contribution in [0.4, 0.5) is 4.79 Å². The fourth-order valence-corrected chi connectivity index (χ4v) is 3.59. The van der Waals surface area contributed by atoms with Crippen LogP contribution in [0.5, 0.6) is 0 Å². The second kappa shape index (κ2) is 9.07. The van der Waals surface area contributed by atoms with Gasteiger partial charge in [-0.05, 0) is 42.5 Å². The minimum Gasteiger partial charge on any atom is -0.334 e. The molecule has 4 heteroatoms. The number of nitrogens with zero attached hydrogens (tertiary/aromatic N) is 2. The summed E-state index contributed by atoms with van der Waals surface area (Å²) >= 11 is 0.